The summed E-state index contributed by atoms with van der Waals surface area (Å²) in [6.07, 6.45) is 10.9. The fraction of sp³-hybridized carbons (Fsp3) is 0.500. The molecule has 0 aromatic carbocycles. The van der Waals surface area contributed by atoms with Crippen LogP contribution >= 0.6 is 0 Å². The second-order valence-corrected chi connectivity index (χ2v) is 5.35. The second-order valence-electron chi connectivity index (χ2n) is 5.35. The Bertz CT molecular complexity index is 622. The van der Waals surface area contributed by atoms with Gasteiger partial charge in [0, 0.05) is 5.56 Å². The quantitative estimate of drug-likeness (QED) is 0.716. The van der Waals surface area contributed by atoms with Crippen LogP contribution in [0.15, 0.2) is 13.2 Å². The zero-order chi connectivity index (χ0) is 18.0. The minimum absolute atomic E-state index is 0.742. The Morgan fingerprint density at radius 1 is 1.04 bits per heavy atom. The van der Waals surface area contributed by atoms with E-state index in [0.29, 0.717) is 0 Å². The van der Waals surface area contributed by atoms with Crippen LogP contribution in [-0.2, 0) is 0 Å². The van der Waals surface area contributed by atoms with Gasteiger partial charge in [0.05, 0.1) is 11.0 Å². The zero-order valence-electron chi connectivity index (χ0n) is 16.2. The first kappa shape index (κ1) is 21.4. The van der Waals surface area contributed by atoms with Gasteiger partial charge in [-0.05, 0) is 42.0 Å². The van der Waals surface area contributed by atoms with Crippen LogP contribution in [0.5, 0.6) is 0 Å². The smallest absolute Gasteiger partial charge is 0.0706 e. The molecule has 0 radical (unpaired) electrons. The fourth-order valence-electron chi connectivity index (χ4n) is 2.57. The molecule has 128 valence electrons. The number of hydrogen-bond donors (Lipinski definition) is 0. The summed E-state index contributed by atoms with van der Waals surface area (Å²) in [5.74, 6) is 1.51. The summed E-state index contributed by atoms with van der Waals surface area (Å²) in [5, 5.41) is 2.44. The molecule has 23 heavy (non-hydrogen) atoms. The Morgan fingerprint density at radius 3 is 2.04 bits per heavy atom. The van der Waals surface area contributed by atoms with E-state index in [2.05, 4.69) is 51.1 Å². The summed E-state index contributed by atoms with van der Waals surface area (Å²) in [6, 6.07) is 0. The minimum atomic E-state index is 0.742. The topological polar surface area (TPSA) is 12.9 Å². The highest BCUT2D eigenvalue weighted by atomic mass is 14.7. The van der Waals surface area contributed by atoms with Crippen LogP contribution in [-0.4, -0.2) is 4.98 Å². The largest absolute Gasteiger partial charge is 0.248 e. The Labute approximate surface area is 143 Å². The van der Waals surface area contributed by atoms with Crippen molar-refractivity contribution in [2.24, 2.45) is 11.8 Å². The number of fused-ring (bicyclic) bond motifs is 2. The molecule has 1 saturated carbocycles. The van der Waals surface area contributed by atoms with Crippen molar-refractivity contribution < 1.29 is 0 Å². The third-order valence-corrected chi connectivity index (χ3v) is 3.64. The van der Waals surface area contributed by atoms with Crippen molar-refractivity contribution in [1.29, 1.82) is 0 Å². The summed E-state index contributed by atoms with van der Waals surface area (Å²) in [4.78, 5) is 4.66. The molecule has 0 amide bonds. The Morgan fingerprint density at radius 2 is 1.57 bits per heavy atom. The van der Waals surface area contributed by atoms with Gasteiger partial charge in [-0.15, -0.1) is 0 Å². The van der Waals surface area contributed by atoms with E-state index in [1.54, 1.807) is 0 Å². The van der Waals surface area contributed by atoms with Crippen LogP contribution in [0, 0.1) is 18.8 Å². The van der Waals surface area contributed by atoms with E-state index >= 15 is 0 Å². The Balaban J connectivity index is 0.000000609. The van der Waals surface area contributed by atoms with Crippen molar-refractivity contribution in [1.82, 2.24) is 4.98 Å². The molecule has 0 spiro atoms. The molecule has 2 unspecified atom stereocenters. The molecule has 2 aliphatic carbocycles. The lowest BCUT2D eigenvalue weighted by Gasteiger charge is -2.09. The van der Waals surface area contributed by atoms with Crippen molar-refractivity contribution in [2.75, 3.05) is 0 Å². The molecule has 1 heterocycles. The molecule has 1 heteroatoms. The minimum Gasteiger partial charge on any atom is -0.248 e. The Hall–Kier alpha value is -1.63. The van der Waals surface area contributed by atoms with Crippen LogP contribution in [0.2, 0.25) is 0 Å². The lowest BCUT2D eigenvalue weighted by atomic mass is 10.0. The van der Waals surface area contributed by atoms with E-state index in [4.69, 9.17) is 0 Å². The van der Waals surface area contributed by atoms with E-state index < -0.39 is 0 Å². The molecule has 1 nitrogen and oxygen atoms in total. The van der Waals surface area contributed by atoms with Gasteiger partial charge in [0.1, 0.15) is 0 Å². The third kappa shape index (κ3) is 5.20. The SMILES string of the molecule is C=Cc1nc2c(c(C)c1C=C)=CC1CC1C=2.CC.CC.CCC. The van der Waals surface area contributed by atoms with Crippen LogP contribution in [0.3, 0.4) is 0 Å². The summed E-state index contributed by atoms with van der Waals surface area (Å²) in [6.45, 7) is 22.1. The normalized spacial score (nSPS) is 18.4. The molecule has 0 N–H and O–H groups in total. The van der Waals surface area contributed by atoms with Gasteiger partial charge < -0.3 is 0 Å². The summed E-state index contributed by atoms with van der Waals surface area (Å²) in [5.41, 5.74) is 3.36. The highest BCUT2D eigenvalue weighted by molar-refractivity contribution is 5.65. The average Bonchev–Trinajstić information content (AvgIpc) is 3.36. The van der Waals surface area contributed by atoms with E-state index in [-0.39, 0.29) is 0 Å². The number of hydrogen-bond acceptors (Lipinski definition) is 1. The van der Waals surface area contributed by atoms with E-state index in [1.165, 1.54) is 23.6 Å². The first-order valence-electron chi connectivity index (χ1n) is 9.15. The number of nitrogens with zero attached hydrogens (tertiary/aromatic N) is 1. The second kappa shape index (κ2) is 11.0. The van der Waals surface area contributed by atoms with Gasteiger partial charge in [-0.1, -0.05) is 79.3 Å². The van der Waals surface area contributed by atoms with Gasteiger partial charge in [0.2, 0.25) is 0 Å². The molecule has 0 bridgehead atoms. The standard InChI is InChI=1S/C15H15N.C3H8.2C2H6/c1-4-12-9(3)13-7-10-6-11(10)8-15(13)16-14(12)5-2;1-3-2;2*1-2/h4-5,7-8,10-11H,1-2,6H2,3H3;3H2,1-2H3;2*1-2H3. The van der Waals surface area contributed by atoms with Crippen LogP contribution in [0.25, 0.3) is 24.3 Å². The maximum atomic E-state index is 4.66. The first-order valence-corrected chi connectivity index (χ1v) is 9.15. The van der Waals surface area contributed by atoms with Gasteiger partial charge >= 0.3 is 0 Å². The van der Waals surface area contributed by atoms with Gasteiger partial charge in [0.25, 0.3) is 0 Å². The van der Waals surface area contributed by atoms with Gasteiger partial charge in [-0.2, -0.15) is 0 Å². The van der Waals surface area contributed by atoms with Crippen LogP contribution in [0.1, 0.15) is 71.2 Å². The monoisotopic (exact) mass is 313 g/mol. The lowest BCUT2D eigenvalue weighted by molar-refractivity contribution is 1.02. The summed E-state index contributed by atoms with van der Waals surface area (Å²) in [7, 11) is 0. The molecule has 0 saturated heterocycles. The summed E-state index contributed by atoms with van der Waals surface area (Å²) < 4.78 is 0. The van der Waals surface area contributed by atoms with E-state index in [0.717, 1.165) is 28.4 Å². The van der Waals surface area contributed by atoms with Crippen molar-refractivity contribution in [2.45, 2.75) is 61.3 Å². The van der Waals surface area contributed by atoms with Crippen molar-refractivity contribution in [3.05, 3.63) is 40.5 Å². The lowest BCUT2D eigenvalue weighted by Crippen LogP contribution is -2.34. The third-order valence-electron chi connectivity index (χ3n) is 3.64. The molecule has 0 aliphatic heterocycles. The van der Waals surface area contributed by atoms with Gasteiger partial charge in [-0.3, -0.25) is 0 Å². The molecule has 1 aromatic heterocycles. The predicted octanol–water partition coefficient (Wildman–Crippen LogP) is 5.36. The molecule has 2 atom stereocenters. The van der Waals surface area contributed by atoms with Gasteiger partial charge in [0.15, 0.2) is 0 Å². The highest BCUT2D eigenvalue weighted by Gasteiger charge is 2.35. The van der Waals surface area contributed by atoms with Gasteiger partial charge in [-0.25, -0.2) is 4.98 Å². The van der Waals surface area contributed by atoms with Crippen molar-refractivity contribution in [3.63, 3.8) is 0 Å². The number of pyridine rings is 1. The maximum Gasteiger partial charge on any atom is 0.0706 e. The maximum absolute atomic E-state index is 4.66. The van der Waals surface area contributed by atoms with Crippen LogP contribution in [0.4, 0.5) is 0 Å². The first-order chi connectivity index (χ1) is 11.2. The average molecular weight is 314 g/mol. The number of rotatable bonds is 2. The van der Waals surface area contributed by atoms with E-state index in [1.807, 2.05) is 39.8 Å². The van der Waals surface area contributed by atoms with Crippen molar-refractivity contribution >= 4 is 24.3 Å². The number of aromatic nitrogens is 1. The molecule has 2 aliphatic rings. The molecular formula is C22H35N. The molecule has 1 aromatic rings. The van der Waals surface area contributed by atoms with Crippen LogP contribution < -0.4 is 10.6 Å². The predicted molar refractivity (Wildman–Crippen MR) is 108 cm³/mol. The van der Waals surface area contributed by atoms with Crippen molar-refractivity contribution in [3.8, 4) is 0 Å². The Kier molecular flexibility index (Phi) is 10.2. The van der Waals surface area contributed by atoms with E-state index in [9.17, 15) is 0 Å². The molecule has 1 fully saturated rings. The zero-order valence-corrected chi connectivity index (χ0v) is 16.2. The fourth-order valence-corrected chi connectivity index (χ4v) is 2.57. The molecular weight excluding hydrogens is 278 g/mol. The highest BCUT2D eigenvalue weighted by Crippen LogP contribution is 2.41. The summed E-state index contributed by atoms with van der Waals surface area (Å²) >= 11 is 0. The molecule has 3 rings (SSSR count).